The zero-order chi connectivity index (χ0) is 22.8. The number of para-hydroxylation sites is 1. The first kappa shape index (κ1) is 21.8. The van der Waals surface area contributed by atoms with Crippen molar-refractivity contribution in [2.24, 2.45) is 0 Å². The van der Waals surface area contributed by atoms with Crippen molar-refractivity contribution in [2.75, 3.05) is 18.8 Å². The van der Waals surface area contributed by atoms with E-state index in [4.69, 9.17) is 0 Å². The third kappa shape index (κ3) is 4.05. The van der Waals surface area contributed by atoms with Crippen LogP contribution in [-0.4, -0.2) is 48.8 Å². The van der Waals surface area contributed by atoms with E-state index in [1.54, 1.807) is 15.5 Å². The minimum atomic E-state index is -0.157. The van der Waals surface area contributed by atoms with Gasteiger partial charge in [-0.15, -0.1) is 10.2 Å². The summed E-state index contributed by atoms with van der Waals surface area (Å²) in [5.41, 5.74) is 3.31. The van der Waals surface area contributed by atoms with Crippen LogP contribution in [-0.2, 0) is 4.79 Å². The lowest BCUT2D eigenvalue weighted by atomic mass is 10.2. The lowest BCUT2D eigenvalue weighted by Crippen LogP contribution is -2.33. The van der Waals surface area contributed by atoms with Crippen LogP contribution in [0.3, 0.4) is 0 Å². The van der Waals surface area contributed by atoms with Crippen LogP contribution in [0.25, 0.3) is 22.4 Å². The molecule has 4 aromatic rings. The van der Waals surface area contributed by atoms with Gasteiger partial charge in [0.2, 0.25) is 11.7 Å². The lowest BCUT2D eigenvalue weighted by Gasteiger charge is -2.20. The molecule has 0 fully saturated rings. The summed E-state index contributed by atoms with van der Waals surface area (Å²) in [4.78, 5) is 27.8. The standard InChI is InChI=1S/C24H25N5O2S/c1-5-27(14-16(2)3)21(30)15-32-24-26-25-23-28(18-12-10-17(4)11-13-18)22(31)19-8-6-7-9-20(19)29(23)24/h6-13H,2,5,14-15H2,1,3-4H3. The molecule has 2 aromatic carbocycles. The van der Waals surface area contributed by atoms with Crippen LogP contribution in [0, 0.1) is 6.92 Å². The van der Waals surface area contributed by atoms with Gasteiger partial charge in [-0.25, -0.2) is 4.57 Å². The predicted octanol–water partition coefficient (Wildman–Crippen LogP) is 3.86. The molecule has 2 aromatic heterocycles. The van der Waals surface area contributed by atoms with Gasteiger partial charge in [0.1, 0.15) is 0 Å². The highest BCUT2D eigenvalue weighted by molar-refractivity contribution is 7.99. The number of fused-ring (bicyclic) bond motifs is 3. The second-order valence-electron chi connectivity index (χ2n) is 7.76. The molecule has 164 valence electrons. The summed E-state index contributed by atoms with van der Waals surface area (Å²) < 4.78 is 3.42. The Labute approximate surface area is 190 Å². The summed E-state index contributed by atoms with van der Waals surface area (Å²) in [6, 6.07) is 15.1. The van der Waals surface area contributed by atoms with E-state index in [1.807, 2.05) is 67.6 Å². The molecule has 7 nitrogen and oxygen atoms in total. The van der Waals surface area contributed by atoms with Crippen molar-refractivity contribution in [1.82, 2.24) is 24.1 Å². The minimum absolute atomic E-state index is 0.00779. The van der Waals surface area contributed by atoms with Gasteiger partial charge in [-0.2, -0.15) is 0 Å². The second kappa shape index (κ2) is 9.00. The van der Waals surface area contributed by atoms with E-state index >= 15 is 0 Å². The first-order valence-electron chi connectivity index (χ1n) is 10.4. The van der Waals surface area contributed by atoms with Gasteiger partial charge >= 0.3 is 0 Å². The smallest absolute Gasteiger partial charge is 0.267 e. The molecule has 32 heavy (non-hydrogen) atoms. The maximum atomic E-state index is 13.3. The van der Waals surface area contributed by atoms with E-state index in [-0.39, 0.29) is 17.2 Å². The van der Waals surface area contributed by atoms with Crippen molar-refractivity contribution in [3.63, 3.8) is 0 Å². The van der Waals surface area contributed by atoms with Crippen LogP contribution in [0.15, 0.2) is 70.6 Å². The van der Waals surface area contributed by atoms with Crippen LogP contribution in [0.4, 0.5) is 0 Å². The first-order chi connectivity index (χ1) is 15.4. The molecule has 0 aliphatic rings. The van der Waals surface area contributed by atoms with E-state index in [9.17, 15) is 9.59 Å². The lowest BCUT2D eigenvalue weighted by molar-refractivity contribution is -0.127. The number of rotatable bonds is 7. The summed E-state index contributed by atoms with van der Waals surface area (Å²) in [5.74, 6) is 0.648. The molecule has 0 aliphatic carbocycles. The Morgan fingerprint density at radius 1 is 1.12 bits per heavy atom. The van der Waals surface area contributed by atoms with Gasteiger partial charge in [-0.3, -0.25) is 14.0 Å². The number of aryl methyl sites for hydroxylation is 1. The number of thioether (sulfide) groups is 1. The molecule has 8 heteroatoms. The second-order valence-corrected chi connectivity index (χ2v) is 8.71. The number of hydrogen-bond donors (Lipinski definition) is 0. The molecule has 0 radical (unpaired) electrons. The summed E-state index contributed by atoms with van der Waals surface area (Å²) in [5, 5.41) is 9.80. The third-order valence-corrected chi connectivity index (χ3v) is 6.12. The number of aromatic nitrogens is 4. The maximum absolute atomic E-state index is 13.3. The molecule has 0 aliphatic heterocycles. The topological polar surface area (TPSA) is 72.5 Å². The van der Waals surface area contributed by atoms with Crippen LogP contribution in [0.2, 0.25) is 0 Å². The van der Waals surface area contributed by atoms with Crippen LogP contribution in [0.1, 0.15) is 19.4 Å². The minimum Gasteiger partial charge on any atom is -0.338 e. The molecule has 1 amide bonds. The van der Waals surface area contributed by atoms with Crippen molar-refractivity contribution in [3.8, 4) is 5.69 Å². The van der Waals surface area contributed by atoms with Gasteiger partial charge < -0.3 is 4.90 Å². The average Bonchev–Trinajstić information content (AvgIpc) is 3.20. The predicted molar refractivity (Wildman–Crippen MR) is 129 cm³/mol. The highest BCUT2D eigenvalue weighted by atomic mass is 32.2. The molecule has 4 rings (SSSR count). The van der Waals surface area contributed by atoms with E-state index in [1.165, 1.54) is 11.8 Å². The fraction of sp³-hybridized carbons (Fsp3) is 0.250. The number of carbonyl (C=O) groups is 1. The first-order valence-corrected chi connectivity index (χ1v) is 11.4. The van der Waals surface area contributed by atoms with E-state index in [0.717, 1.165) is 16.8 Å². The molecular formula is C24H25N5O2S. The number of likely N-dealkylation sites (N-methyl/N-ethyl adjacent to an activating group) is 1. The van der Waals surface area contributed by atoms with Crippen LogP contribution < -0.4 is 5.56 Å². The number of benzene rings is 2. The Morgan fingerprint density at radius 3 is 2.53 bits per heavy atom. The highest BCUT2D eigenvalue weighted by Gasteiger charge is 2.19. The third-order valence-electron chi connectivity index (χ3n) is 5.21. The number of hydrogen-bond acceptors (Lipinski definition) is 5. The molecule has 0 atom stereocenters. The molecule has 0 unspecified atom stereocenters. The SMILES string of the molecule is C=C(C)CN(CC)C(=O)CSc1nnc2n(-c3ccc(C)cc3)c(=O)c3ccccc3n12. The summed E-state index contributed by atoms with van der Waals surface area (Å²) in [6.07, 6.45) is 0. The van der Waals surface area contributed by atoms with E-state index < -0.39 is 0 Å². The van der Waals surface area contributed by atoms with E-state index in [2.05, 4.69) is 16.8 Å². The molecule has 2 heterocycles. The molecular weight excluding hydrogens is 422 g/mol. The monoisotopic (exact) mass is 447 g/mol. The Hall–Kier alpha value is -3.39. The molecule has 0 spiro atoms. The molecule has 0 bridgehead atoms. The highest BCUT2D eigenvalue weighted by Crippen LogP contribution is 2.23. The molecule has 0 N–H and O–H groups in total. The van der Waals surface area contributed by atoms with Gasteiger partial charge in [0.05, 0.1) is 22.3 Å². The van der Waals surface area contributed by atoms with Crippen LogP contribution >= 0.6 is 11.8 Å². The van der Waals surface area contributed by atoms with Gasteiger partial charge in [0.25, 0.3) is 5.56 Å². The van der Waals surface area contributed by atoms with Crippen molar-refractivity contribution in [1.29, 1.82) is 0 Å². The average molecular weight is 448 g/mol. The zero-order valence-corrected chi connectivity index (χ0v) is 19.2. The summed E-state index contributed by atoms with van der Waals surface area (Å²) >= 11 is 1.32. The van der Waals surface area contributed by atoms with Gasteiger partial charge in [-0.1, -0.05) is 53.7 Å². The molecule has 0 saturated heterocycles. The Morgan fingerprint density at radius 2 is 1.84 bits per heavy atom. The summed E-state index contributed by atoms with van der Waals surface area (Å²) in [6.45, 7) is 10.9. The number of carbonyl (C=O) groups excluding carboxylic acids is 1. The largest absolute Gasteiger partial charge is 0.338 e. The Balaban J connectivity index is 1.81. The quantitative estimate of drug-likeness (QED) is 0.318. The number of nitrogens with zero attached hydrogens (tertiary/aromatic N) is 5. The van der Waals surface area contributed by atoms with Crippen molar-refractivity contribution >= 4 is 34.3 Å². The van der Waals surface area contributed by atoms with Gasteiger partial charge in [-0.05, 0) is 45.0 Å². The van der Waals surface area contributed by atoms with E-state index in [0.29, 0.717) is 34.9 Å². The van der Waals surface area contributed by atoms with Gasteiger partial charge in [0.15, 0.2) is 5.16 Å². The van der Waals surface area contributed by atoms with Crippen molar-refractivity contribution < 1.29 is 4.79 Å². The Bertz CT molecular complexity index is 1370. The van der Waals surface area contributed by atoms with Crippen molar-refractivity contribution in [3.05, 3.63) is 76.6 Å². The zero-order valence-electron chi connectivity index (χ0n) is 18.4. The molecule has 0 saturated carbocycles. The summed E-state index contributed by atoms with van der Waals surface area (Å²) in [7, 11) is 0. The van der Waals surface area contributed by atoms with Crippen LogP contribution in [0.5, 0.6) is 0 Å². The fourth-order valence-corrected chi connectivity index (χ4v) is 4.46. The van der Waals surface area contributed by atoms with Gasteiger partial charge in [0, 0.05) is 13.1 Å². The normalized spacial score (nSPS) is 11.2. The maximum Gasteiger partial charge on any atom is 0.267 e. The number of amides is 1. The van der Waals surface area contributed by atoms with Crippen molar-refractivity contribution in [2.45, 2.75) is 25.9 Å². The fourth-order valence-electron chi connectivity index (χ4n) is 3.62. The Kier molecular flexibility index (Phi) is 6.14.